The van der Waals surface area contributed by atoms with Gasteiger partial charge in [0.15, 0.2) is 0 Å². The molecule has 2 atom stereocenters. The third kappa shape index (κ3) is 2.89. The summed E-state index contributed by atoms with van der Waals surface area (Å²) in [4.78, 5) is 0. The summed E-state index contributed by atoms with van der Waals surface area (Å²) in [5.74, 6) is 1.57. The second-order valence-corrected chi connectivity index (χ2v) is 6.34. The van der Waals surface area contributed by atoms with Gasteiger partial charge in [-0.05, 0) is 36.4 Å². The number of hydrogen-bond donors (Lipinski definition) is 1. The van der Waals surface area contributed by atoms with Crippen molar-refractivity contribution in [3.05, 3.63) is 57.0 Å². The number of nitrogens with two attached hydrogens (primary N) is 1. The number of benzene rings is 2. The molecule has 0 spiro atoms. The molecule has 2 aromatic rings. The lowest BCUT2D eigenvalue weighted by atomic mass is 9.93. The van der Waals surface area contributed by atoms with Crippen molar-refractivity contribution >= 4 is 27.5 Å². The maximum atomic E-state index is 6.30. The third-order valence-corrected chi connectivity index (χ3v) is 4.50. The molecule has 1 aliphatic rings. The highest BCUT2D eigenvalue weighted by Gasteiger charge is 2.28. The van der Waals surface area contributed by atoms with Crippen LogP contribution in [0.4, 0.5) is 0 Å². The Balaban J connectivity index is 1.96. The minimum Gasteiger partial charge on any atom is -0.497 e. The van der Waals surface area contributed by atoms with Gasteiger partial charge in [-0.3, -0.25) is 0 Å². The number of methoxy groups -OCH3 is 1. The van der Waals surface area contributed by atoms with Crippen LogP contribution in [0.2, 0.25) is 5.02 Å². The molecular weight excluding hydrogens is 354 g/mol. The highest BCUT2D eigenvalue weighted by Crippen LogP contribution is 2.43. The van der Waals surface area contributed by atoms with E-state index in [1.165, 1.54) is 0 Å². The Morgan fingerprint density at radius 1 is 1.24 bits per heavy atom. The van der Waals surface area contributed by atoms with Crippen molar-refractivity contribution in [3.8, 4) is 11.5 Å². The number of ether oxygens (including phenoxy) is 2. The molecule has 3 rings (SSSR count). The van der Waals surface area contributed by atoms with Gasteiger partial charge < -0.3 is 15.2 Å². The van der Waals surface area contributed by atoms with E-state index in [1.54, 1.807) is 7.11 Å². The van der Waals surface area contributed by atoms with Crippen molar-refractivity contribution in [1.82, 2.24) is 0 Å². The molecule has 0 saturated carbocycles. The fraction of sp³-hybridized carbons (Fsp3) is 0.250. The molecule has 5 heteroatoms. The molecule has 0 fully saturated rings. The molecule has 3 nitrogen and oxygen atoms in total. The molecule has 2 aromatic carbocycles. The van der Waals surface area contributed by atoms with Gasteiger partial charge in [0, 0.05) is 33.1 Å². The summed E-state index contributed by atoms with van der Waals surface area (Å²) in [6, 6.07) is 11.3. The van der Waals surface area contributed by atoms with E-state index in [0.29, 0.717) is 11.4 Å². The van der Waals surface area contributed by atoms with Crippen LogP contribution in [-0.2, 0) is 0 Å². The maximum absolute atomic E-state index is 6.30. The van der Waals surface area contributed by atoms with Crippen LogP contribution in [0.3, 0.4) is 0 Å². The van der Waals surface area contributed by atoms with E-state index >= 15 is 0 Å². The Kier molecular flexibility index (Phi) is 4.11. The summed E-state index contributed by atoms with van der Waals surface area (Å²) in [6.07, 6.45) is 0.530. The molecule has 1 unspecified atom stereocenters. The first-order chi connectivity index (χ1) is 10.1. The fourth-order valence-electron chi connectivity index (χ4n) is 2.56. The predicted molar refractivity (Wildman–Crippen MR) is 87.1 cm³/mol. The monoisotopic (exact) mass is 367 g/mol. The second kappa shape index (κ2) is 5.87. The van der Waals surface area contributed by atoms with Gasteiger partial charge in [-0.2, -0.15) is 0 Å². The van der Waals surface area contributed by atoms with Crippen molar-refractivity contribution in [2.24, 2.45) is 5.73 Å². The minimum absolute atomic E-state index is 0.108. The lowest BCUT2D eigenvalue weighted by Gasteiger charge is -2.31. The number of rotatable bonds is 2. The molecule has 21 heavy (non-hydrogen) atoms. The van der Waals surface area contributed by atoms with E-state index in [0.717, 1.165) is 27.1 Å². The van der Waals surface area contributed by atoms with Crippen LogP contribution in [-0.4, -0.2) is 7.11 Å². The molecule has 110 valence electrons. The van der Waals surface area contributed by atoms with Crippen molar-refractivity contribution in [3.63, 3.8) is 0 Å². The zero-order chi connectivity index (χ0) is 15.0. The van der Waals surface area contributed by atoms with Crippen molar-refractivity contribution in [1.29, 1.82) is 0 Å². The average molecular weight is 369 g/mol. The Bertz CT molecular complexity index is 677. The zero-order valence-corrected chi connectivity index (χ0v) is 13.8. The summed E-state index contributed by atoms with van der Waals surface area (Å²) in [5.41, 5.74) is 8.21. The van der Waals surface area contributed by atoms with Gasteiger partial charge in [0.1, 0.15) is 17.6 Å². The first-order valence-electron chi connectivity index (χ1n) is 6.63. The van der Waals surface area contributed by atoms with E-state index in [1.807, 2.05) is 36.4 Å². The first kappa shape index (κ1) is 14.7. The van der Waals surface area contributed by atoms with E-state index < -0.39 is 0 Å². The van der Waals surface area contributed by atoms with Gasteiger partial charge >= 0.3 is 0 Å². The van der Waals surface area contributed by atoms with E-state index in [2.05, 4.69) is 15.9 Å². The summed E-state index contributed by atoms with van der Waals surface area (Å²) < 4.78 is 12.3. The molecular formula is C16H15BrClNO2. The maximum Gasteiger partial charge on any atom is 0.127 e. The summed E-state index contributed by atoms with van der Waals surface area (Å²) in [6.45, 7) is 0. The highest BCUT2D eigenvalue weighted by atomic mass is 79.9. The van der Waals surface area contributed by atoms with Gasteiger partial charge in [-0.15, -0.1) is 0 Å². The minimum atomic E-state index is -0.147. The van der Waals surface area contributed by atoms with Crippen LogP contribution in [0.1, 0.15) is 29.7 Å². The summed E-state index contributed by atoms with van der Waals surface area (Å²) in [7, 11) is 1.64. The van der Waals surface area contributed by atoms with Crippen LogP contribution >= 0.6 is 27.5 Å². The molecule has 1 heterocycles. The van der Waals surface area contributed by atoms with Crippen LogP contribution in [0.25, 0.3) is 0 Å². The van der Waals surface area contributed by atoms with Crippen molar-refractivity contribution in [2.45, 2.75) is 18.6 Å². The molecule has 0 radical (unpaired) electrons. The molecule has 0 aliphatic carbocycles. The normalized spacial score (nSPS) is 20.6. The lowest BCUT2D eigenvalue weighted by molar-refractivity contribution is 0.161. The van der Waals surface area contributed by atoms with E-state index in [-0.39, 0.29) is 12.1 Å². The SMILES string of the molecule is COc1ccc2c(c1)[C@H](N)CC(c1cc(Br)ccc1Cl)O2. The van der Waals surface area contributed by atoms with Gasteiger partial charge in [0.2, 0.25) is 0 Å². The van der Waals surface area contributed by atoms with Crippen molar-refractivity contribution < 1.29 is 9.47 Å². The molecule has 1 aliphatic heterocycles. The lowest BCUT2D eigenvalue weighted by Crippen LogP contribution is -2.24. The number of fused-ring (bicyclic) bond motifs is 1. The summed E-state index contributed by atoms with van der Waals surface area (Å²) >= 11 is 9.76. The van der Waals surface area contributed by atoms with Crippen LogP contribution in [0.15, 0.2) is 40.9 Å². The topological polar surface area (TPSA) is 44.5 Å². The van der Waals surface area contributed by atoms with E-state index in [4.69, 9.17) is 26.8 Å². The quantitative estimate of drug-likeness (QED) is 0.840. The van der Waals surface area contributed by atoms with E-state index in [9.17, 15) is 0 Å². The molecule has 0 aromatic heterocycles. The fourth-order valence-corrected chi connectivity index (χ4v) is 3.18. The standard InChI is InChI=1S/C16H15BrClNO2/c1-20-10-3-5-15-12(7-10)14(19)8-16(21-15)11-6-9(17)2-4-13(11)18/h2-7,14,16H,8,19H2,1H3/t14-,16?/m1/s1. The number of halogens is 2. The number of hydrogen-bond acceptors (Lipinski definition) is 3. The van der Waals surface area contributed by atoms with Crippen LogP contribution in [0, 0.1) is 0 Å². The Hall–Kier alpha value is -1.23. The first-order valence-corrected chi connectivity index (χ1v) is 7.80. The third-order valence-electron chi connectivity index (χ3n) is 3.66. The zero-order valence-electron chi connectivity index (χ0n) is 11.5. The summed E-state index contributed by atoms with van der Waals surface area (Å²) in [5, 5.41) is 0.687. The van der Waals surface area contributed by atoms with Gasteiger partial charge in [-0.25, -0.2) is 0 Å². The Morgan fingerprint density at radius 2 is 2.05 bits per heavy atom. The van der Waals surface area contributed by atoms with Crippen molar-refractivity contribution in [2.75, 3.05) is 7.11 Å². The Labute approximate surface area is 137 Å². The van der Waals surface area contributed by atoms with Gasteiger partial charge in [-0.1, -0.05) is 27.5 Å². The highest BCUT2D eigenvalue weighted by molar-refractivity contribution is 9.10. The molecule has 2 N–H and O–H groups in total. The predicted octanol–water partition coefficient (Wildman–Crippen LogP) is 4.63. The smallest absolute Gasteiger partial charge is 0.127 e. The molecule has 0 saturated heterocycles. The Morgan fingerprint density at radius 3 is 2.81 bits per heavy atom. The molecule has 0 amide bonds. The second-order valence-electron chi connectivity index (χ2n) is 5.02. The van der Waals surface area contributed by atoms with Crippen LogP contribution in [0.5, 0.6) is 11.5 Å². The van der Waals surface area contributed by atoms with Gasteiger partial charge in [0.25, 0.3) is 0 Å². The van der Waals surface area contributed by atoms with Crippen LogP contribution < -0.4 is 15.2 Å². The largest absolute Gasteiger partial charge is 0.497 e. The molecule has 0 bridgehead atoms. The average Bonchev–Trinajstić information content (AvgIpc) is 2.49. The van der Waals surface area contributed by atoms with Gasteiger partial charge in [0.05, 0.1) is 7.11 Å².